The van der Waals surface area contributed by atoms with Crippen LogP contribution in [0.4, 0.5) is 0 Å². The topological polar surface area (TPSA) is 53.8 Å². The molecule has 1 aliphatic heterocycles. The molecule has 0 unspecified atom stereocenters. The molecule has 3 rings (SSSR count). The lowest BCUT2D eigenvalue weighted by Gasteiger charge is -2.34. The number of nitrogens with zero attached hydrogens (tertiary/aromatic N) is 2. The summed E-state index contributed by atoms with van der Waals surface area (Å²) in [7, 11) is 0. The van der Waals surface area contributed by atoms with E-state index in [0.717, 1.165) is 11.1 Å². The van der Waals surface area contributed by atoms with Crippen LogP contribution in [0.1, 0.15) is 48.0 Å². The van der Waals surface area contributed by atoms with Gasteiger partial charge < -0.3 is 14.2 Å². The summed E-state index contributed by atoms with van der Waals surface area (Å²) >= 11 is 0. The van der Waals surface area contributed by atoms with E-state index in [9.17, 15) is 9.59 Å². The molecule has 1 fully saturated rings. The van der Waals surface area contributed by atoms with Gasteiger partial charge in [-0.2, -0.15) is 0 Å². The van der Waals surface area contributed by atoms with Crippen molar-refractivity contribution in [3.63, 3.8) is 0 Å². The zero-order valence-electron chi connectivity index (χ0n) is 16.6. The number of benzene rings is 1. The lowest BCUT2D eigenvalue weighted by Crippen LogP contribution is -2.51. The van der Waals surface area contributed by atoms with Crippen LogP contribution in [0.3, 0.4) is 0 Å². The van der Waals surface area contributed by atoms with Crippen LogP contribution in [0.15, 0.2) is 41.0 Å². The van der Waals surface area contributed by atoms with E-state index in [-0.39, 0.29) is 17.2 Å². The van der Waals surface area contributed by atoms with E-state index < -0.39 is 0 Å². The van der Waals surface area contributed by atoms with Crippen LogP contribution >= 0.6 is 0 Å². The molecule has 1 aromatic carbocycles. The molecule has 5 heteroatoms. The van der Waals surface area contributed by atoms with Crippen LogP contribution < -0.4 is 0 Å². The van der Waals surface area contributed by atoms with Crippen molar-refractivity contribution in [1.82, 2.24) is 9.80 Å². The Kier molecular flexibility index (Phi) is 5.40. The predicted molar refractivity (Wildman–Crippen MR) is 105 cm³/mol. The summed E-state index contributed by atoms with van der Waals surface area (Å²) in [5, 5.41) is 0. The van der Waals surface area contributed by atoms with Crippen molar-refractivity contribution in [1.29, 1.82) is 0 Å². The molecule has 1 aromatic heterocycles. The molecule has 0 radical (unpaired) electrons. The molecule has 2 amide bonds. The quantitative estimate of drug-likeness (QED) is 0.834. The Balaban J connectivity index is 1.58. The molecule has 1 aliphatic rings. The van der Waals surface area contributed by atoms with E-state index in [1.54, 1.807) is 17.0 Å². The smallest absolute Gasteiger partial charge is 0.289 e. The van der Waals surface area contributed by atoms with Crippen molar-refractivity contribution in [3.8, 4) is 0 Å². The Morgan fingerprint density at radius 1 is 1.04 bits per heavy atom. The van der Waals surface area contributed by atoms with Gasteiger partial charge in [0.15, 0.2) is 5.76 Å². The molecule has 2 heterocycles. The number of piperazine rings is 1. The molecule has 27 heavy (non-hydrogen) atoms. The van der Waals surface area contributed by atoms with E-state index >= 15 is 0 Å². The summed E-state index contributed by atoms with van der Waals surface area (Å²) in [6.07, 6.45) is 1.91. The third-order valence-electron chi connectivity index (χ3n) is 5.20. The molecular formula is C22H28N2O3. The van der Waals surface area contributed by atoms with Crippen molar-refractivity contribution in [2.24, 2.45) is 0 Å². The second-order valence-corrected chi connectivity index (χ2v) is 8.22. The second kappa shape index (κ2) is 7.59. The number of hydrogen-bond donors (Lipinski definition) is 0. The van der Waals surface area contributed by atoms with Gasteiger partial charge in [-0.15, -0.1) is 0 Å². The summed E-state index contributed by atoms with van der Waals surface area (Å²) in [5.41, 5.74) is 3.61. The zero-order chi connectivity index (χ0) is 19.6. The van der Waals surface area contributed by atoms with Crippen molar-refractivity contribution in [3.05, 3.63) is 59.0 Å². The second-order valence-electron chi connectivity index (χ2n) is 8.22. The summed E-state index contributed by atoms with van der Waals surface area (Å²) < 4.78 is 5.18. The molecule has 144 valence electrons. The normalized spacial score (nSPS) is 15.1. The third-order valence-corrected chi connectivity index (χ3v) is 5.20. The van der Waals surface area contributed by atoms with Crippen molar-refractivity contribution < 1.29 is 14.0 Å². The van der Waals surface area contributed by atoms with Gasteiger partial charge in [0.1, 0.15) is 0 Å². The summed E-state index contributed by atoms with van der Waals surface area (Å²) in [4.78, 5) is 28.6. The average molecular weight is 368 g/mol. The molecule has 0 N–H and O–H groups in total. The van der Waals surface area contributed by atoms with Gasteiger partial charge in [0, 0.05) is 26.2 Å². The summed E-state index contributed by atoms with van der Waals surface area (Å²) in [5.74, 6) is 0.358. The molecule has 0 spiro atoms. The molecule has 0 aliphatic carbocycles. The van der Waals surface area contributed by atoms with E-state index in [0.29, 0.717) is 38.4 Å². The highest BCUT2D eigenvalue weighted by Gasteiger charge is 2.26. The Morgan fingerprint density at radius 3 is 2.26 bits per heavy atom. The number of carbonyl (C=O) groups is 2. The van der Waals surface area contributed by atoms with E-state index in [2.05, 4.69) is 45.9 Å². The summed E-state index contributed by atoms with van der Waals surface area (Å²) in [6.45, 7) is 10.8. The molecular weight excluding hydrogens is 340 g/mol. The van der Waals surface area contributed by atoms with Crippen LogP contribution in [-0.4, -0.2) is 47.8 Å². The van der Waals surface area contributed by atoms with Crippen LogP contribution in [0.2, 0.25) is 0 Å². The van der Waals surface area contributed by atoms with Gasteiger partial charge in [-0.25, -0.2) is 0 Å². The van der Waals surface area contributed by atoms with Gasteiger partial charge >= 0.3 is 0 Å². The van der Waals surface area contributed by atoms with E-state index in [1.807, 2.05) is 4.90 Å². The standard InChI is InChI=1S/C22H28N2O3/c1-16-14-18(22(2,3)4)8-7-17(16)15-20(25)23-9-11-24(12-10-23)21(26)19-6-5-13-27-19/h5-8,13-14H,9-12,15H2,1-4H3. The minimum Gasteiger partial charge on any atom is -0.459 e. The fourth-order valence-electron chi connectivity index (χ4n) is 3.35. The van der Waals surface area contributed by atoms with Gasteiger partial charge in [-0.05, 0) is 41.2 Å². The highest BCUT2D eigenvalue weighted by atomic mass is 16.3. The first-order chi connectivity index (χ1) is 12.8. The first-order valence-electron chi connectivity index (χ1n) is 9.46. The Labute approximate surface area is 160 Å². The van der Waals surface area contributed by atoms with Crippen LogP contribution in [0, 0.1) is 6.92 Å². The minimum atomic E-state index is -0.110. The number of aryl methyl sites for hydroxylation is 1. The molecule has 1 saturated heterocycles. The first-order valence-corrected chi connectivity index (χ1v) is 9.46. The fraction of sp³-hybridized carbons (Fsp3) is 0.455. The van der Waals surface area contributed by atoms with Crippen LogP contribution in [0.25, 0.3) is 0 Å². The molecule has 0 saturated carbocycles. The van der Waals surface area contributed by atoms with E-state index in [1.165, 1.54) is 11.8 Å². The first kappa shape index (κ1) is 19.2. The fourth-order valence-corrected chi connectivity index (χ4v) is 3.35. The number of rotatable bonds is 3. The molecule has 0 bridgehead atoms. The van der Waals surface area contributed by atoms with Crippen LogP contribution in [0.5, 0.6) is 0 Å². The SMILES string of the molecule is Cc1cc(C(C)(C)C)ccc1CC(=O)N1CCN(C(=O)c2ccco2)CC1. The highest BCUT2D eigenvalue weighted by molar-refractivity contribution is 5.91. The average Bonchev–Trinajstić information content (AvgIpc) is 3.16. The number of hydrogen-bond acceptors (Lipinski definition) is 3. The van der Waals surface area contributed by atoms with Gasteiger partial charge in [-0.3, -0.25) is 9.59 Å². The Hall–Kier alpha value is -2.56. The maximum atomic E-state index is 12.7. The van der Waals surface area contributed by atoms with Gasteiger partial charge in [0.05, 0.1) is 12.7 Å². The van der Waals surface area contributed by atoms with Crippen molar-refractivity contribution in [2.45, 2.75) is 39.5 Å². The summed E-state index contributed by atoms with van der Waals surface area (Å²) in [6, 6.07) is 9.76. The zero-order valence-corrected chi connectivity index (χ0v) is 16.6. The number of carbonyl (C=O) groups excluding carboxylic acids is 2. The largest absolute Gasteiger partial charge is 0.459 e. The lowest BCUT2D eigenvalue weighted by molar-refractivity contribution is -0.131. The Bertz CT molecular complexity index is 811. The van der Waals surface area contributed by atoms with Gasteiger partial charge in [-0.1, -0.05) is 39.0 Å². The van der Waals surface area contributed by atoms with Crippen LogP contribution in [-0.2, 0) is 16.6 Å². The number of amides is 2. The van der Waals surface area contributed by atoms with E-state index in [4.69, 9.17) is 4.42 Å². The highest BCUT2D eigenvalue weighted by Crippen LogP contribution is 2.25. The van der Waals surface area contributed by atoms with Crippen molar-refractivity contribution in [2.75, 3.05) is 26.2 Å². The number of furan rings is 1. The maximum Gasteiger partial charge on any atom is 0.289 e. The van der Waals surface area contributed by atoms with Gasteiger partial charge in [0.25, 0.3) is 5.91 Å². The predicted octanol–water partition coefficient (Wildman–Crippen LogP) is 3.41. The molecule has 2 aromatic rings. The maximum absolute atomic E-state index is 12.7. The third kappa shape index (κ3) is 4.41. The monoisotopic (exact) mass is 368 g/mol. The molecule has 5 nitrogen and oxygen atoms in total. The minimum absolute atomic E-state index is 0.101. The lowest BCUT2D eigenvalue weighted by atomic mass is 9.85. The van der Waals surface area contributed by atoms with Crippen molar-refractivity contribution >= 4 is 11.8 Å². The molecule has 0 atom stereocenters. The Morgan fingerprint density at radius 2 is 1.70 bits per heavy atom. The van der Waals surface area contributed by atoms with Gasteiger partial charge in [0.2, 0.25) is 5.91 Å².